The highest BCUT2D eigenvalue weighted by Gasteiger charge is 2.24. The fourth-order valence-electron chi connectivity index (χ4n) is 2.70. The van der Waals surface area contributed by atoms with E-state index in [1.54, 1.807) is 18.2 Å². The molecule has 3 rings (SSSR count). The van der Waals surface area contributed by atoms with Crippen LogP contribution < -0.4 is 5.32 Å². The van der Waals surface area contributed by atoms with Gasteiger partial charge in [-0.05, 0) is 42.3 Å². The van der Waals surface area contributed by atoms with Crippen LogP contribution in [0.15, 0.2) is 76.8 Å². The Bertz CT molecular complexity index is 1170. The Morgan fingerprint density at radius 2 is 1.81 bits per heavy atom. The summed E-state index contributed by atoms with van der Waals surface area (Å²) in [5, 5.41) is 3.41. The first-order valence-corrected chi connectivity index (χ1v) is 12.1. The van der Waals surface area contributed by atoms with Crippen molar-refractivity contribution in [3.63, 3.8) is 0 Å². The Morgan fingerprint density at radius 3 is 2.39 bits per heavy atom. The molecule has 31 heavy (non-hydrogen) atoms. The Kier molecular flexibility index (Phi) is 7.38. The van der Waals surface area contributed by atoms with Crippen LogP contribution >= 0.6 is 23.4 Å². The Morgan fingerprint density at radius 1 is 1.10 bits per heavy atom. The SMILES string of the molecule is Cc1ccc(NC(=O)[C@H](Sc2ccc(S(=O)(=O)N(C)C)cn2)c2ccccc2)cc1Cl. The monoisotopic (exact) mass is 475 g/mol. The summed E-state index contributed by atoms with van der Waals surface area (Å²) in [7, 11) is -0.642. The summed E-state index contributed by atoms with van der Waals surface area (Å²) in [6, 6.07) is 17.8. The maximum Gasteiger partial charge on any atom is 0.244 e. The summed E-state index contributed by atoms with van der Waals surface area (Å²) in [4.78, 5) is 17.5. The van der Waals surface area contributed by atoms with Crippen LogP contribution in [-0.2, 0) is 14.8 Å². The summed E-state index contributed by atoms with van der Waals surface area (Å²) in [5.74, 6) is -0.233. The zero-order valence-corrected chi connectivity index (χ0v) is 19.6. The van der Waals surface area contributed by atoms with Gasteiger partial charge in [0.05, 0.1) is 5.03 Å². The highest BCUT2D eigenvalue weighted by molar-refractivity contribution is 8.00. The number of aryl methyl sites for hydroxylation is 1. The zero-order valence-electron chi connectivity index (χ0n) is 17.2. The molecule has 162 valence electrons. The number of carbonyl (C=O) groups is 1. The smallest absolute Gasteiger partial charge is 0.244 e. The minimum Gasteiger partial charge on any atom is -0.325 e. The summed E-state index contributed by atoms with van der Waals surface area (Å²) in [6.07, 6.45) is 1.30. The van der Waals surface area contributed by atoms with Crippen molar-refractivity contribution in [2.75, 3.05) is 19.4 Å². The topological polar surface area (TPSA) is 79.4 Å². The van der Waals surface area contributed by atoms with Crippen molar-refractivity contribution in [3.05, 3.63) is 83.0 Å². The van der Waals surface area contributed by atoms with Gasteiger partial charge in [-0.15, -0.1) is 0 Å². The van der Waals surface area contributed by atoms with Gasteiger partial charge in [0.15, 0.2) is 0 Å². The molecule has 6 nitrogen and oxygen atoms in total. The van der Waals surface area contributed by atoms with E-state index in [4.69, 9.17) is 11.6 Å². The van der Waals surface area contributed by atoms with Gasteiger partial charge in [-0.2, -0.15) is 0 Å². The molecule has 1 amide bonds. The number of rotatable bonds is 7. The lowest BCUT2D eigenvalue weighted by atomic mass is 10.1. The molecular formula is C22H22ClN3O3S2. The molecule has 1 heterocycles. The van der Waals surface area contributed by atoms with Gasteiger partial charge in [0.1, 0.15) is 10.1 Å². The minimum atomic E-state index is -3.57. The van der Waals surface area contributed by atoms with Crippen LogP contribution in [0, 0.1) is 6.92 Å². The second-order valence-electron chi connectivity index (χ2n) is 6.98. The Balaban J connectivity index is 1.86. The maximum absolute atomic E-state index is 13.1. The molecule has 0 unspecified atom stereocenters. The number of hydrogen-bond donors (Lipinski definition) is 1. The number of hydrogen-bond acceptors (Lipinski definition) is 5. The number of anilines is 1. The predicted octanol–water partition coefficient (Wildman–Crippen LogP) is 4.77. The van der Waals surface area contributed by atoms with Gasteiger partial charge in [-0.25, -0.2) is 17.7 Å². The van der Waals surface area contributed by atoms with E-state index in [-0.39, 0.29) is 10.8 Å². The lowest BCUT2D eigenvalue weighted by Crippen LogP contribution is -2.22. The first kappa shape index (κ1) is 23.3. The van der Waals surface area contributed by atoms with Crippen LogP contribution in [0.4, 0.5) is 5.69 Å². The number of halogens is 1. The van der Waals surface area contributed by atoms with Crippen molar-refractivity contribution in [1.29, 1.82) is 0 Å². The number of benzene rings is 2. The van der Waals surface area contributed by atoms with Crippen molar-refractivity contribution in [1.82, 2.24) is 9.29 Å². The van der Waals surface area contributed by atoms with E-state index in [0.717, 1.165) is 15.4 Å². The Hall–Kier alpha value is -2.39. The fraction of sp³-hybridized carbons (Fsp3) is 0.182. The second kappa shape index (κ2) is 9.82. The van der Waals surface area contributed by atoms with Gasteiger partial charge in [-0.3, -0.25) is 4.79 Å². The van der Waals surface area contributed by atoms with E-state index in [2.05, 4.69) is 10.3 Å². The summed E-state index contributed by atoms with van der Waals surface area (Å²) in [5.41, 5.74) is 2.32. The molecule has 9 heteroatoms. The summed E-state index contributed by atoms with van der Waals surface area (Å²) < 4.78 is 25.6. The van der Waals surface area contributed by atoms with Crippen molar-refractivity contribution >= 4 is 45.0 Å². The molecule has 2 aromatic carbocycles. The highest BCUT2D eigenvalue weighted by Crippen LogP contribution is 2.36. The zero-order chi connectivity index (χ0) is 22.6. The molecule has 1 atom stereocenters. The van der Waals surface area contributed by atoms with Crippen molar-refractivity contribution < 1.29 is 13.2 Å². The van der Waals surface area contributed by atoms with Gasteiger partial charge in [0.2, 0.25) is 15.9 Å². The molecule has 1 N–H and O–H groups in total. The number of aromatic nitrogens is 1. The molecule has 0 bridgehead atoms. The van der Waals surface area contributed by atoms with Crippen LogP contribution in [0.3, 0.4) is 0 Å². The number of sulfonamides is 1. The van der Waals surface area contributed by atoms with Crippen LogP contribution in [0.25, 0.3) is 0 Å². The molecule has 0 saturated heterocycles. The van der Waals surface area contributed by atoms with Crippen molar-refractivity contribution in [2.45, 2.75) is 22.1 Å². The molecule has 0 aliphatic rings. The van der Waals surface area contributed by atoms with E-state index in [0.29, 0.717) is 15.7 Å². The van der Waals surface area contributed by atoms with E-state index in [1.165, 1.54) is 38.1 Å². The highest BCUT2D eigenvalue weighted by atomic mass is 35.5. The van der Waals surface area contributed by atoms with Crippen LogP contribution in [-0.4, -0.2) is 37.7 Å². The number of nitrogens with one attached hydrogen (secondary N) is 1. The maximum atomic E-state index is 13.1. The lowest BCUT2D eigenvalue weighted by molar-refractivity contribution is -0.115. The minimum absolute atomic E-state index is 0.0943. The summed E-state index contributed by atoms with van der Waals surface area (Å²) >= 11 is 7.42. The molecule has 0 aliphatic carbocycles. The van der Waals surface area contributed by atoms with Crippen LogP contribution in [0.1, 0.15) is 16.4 Å². The number of pyridine rings is 1. The number of nitrogens with zero attached hydrogens (tertiary/aromatic N) is 2. The van der Waals surface area contributed by atoms with Crippen LogP contribution in [0.2, 0.25) is 5.02 Å². The number of amides is 1. The van der Waals surface area contributed by atoms with Crippen molar-refractivity contribution in [3.8, 4) is 0 Å². The third-order valence-electron chi connectivity index (χ3n) is 4.51. The molecule has 0 aliphatic heterocycles. The quantitative estimate of drug-likeness (QED) is 0.498. The molecule has 0 spiro atoms. The van der Waals surface area contributed by atoms with E-state index in [1.807, 2.05) is 43.3 Å². The van der Waals surface area contributed by atoms with Crippen molar-refractivity contribution in [2.24, 2.45) is 0 Å². The number of thioether (sulfide) groups is 1. The molecule has 3 aromatic rings. The predicted molar refractivity (Wildman–Crippen MR) is 125 cm³/mol. The molecule has 0 radical (unpaired) electrons. The van der Waals surface area contributed by atoms with E-state index in [9.17, 15) is 13.2 Å². The second-order valence-corrected chi connectivity index (χ2v) is 10.7. The van der Waals surface area contributed by atoms with E-state index < -0.39 is 15.3 Å². The standard InChI is InChI=1S/C22H22ClN3O3S2/c1-15-9-10-17(13-19(15)23)25-22(27)21(16-7-5-4-6-8-16)30-20-12-11-18(14-24-20)31(28,29)26(2)3/h4-14,21H,1-3H3,(H,25,27)/t21-/m1/s1. The first-order chi connectivity index (χ1) is 14.7. The third kappa shape index (κ3) is 5.65. The third-order valence-corrected chi connectivity index (χ3v) is 7.92. The average Bonchev–Trinajstić information content (AvgIpc) is 2.75. The molecule has 0 saturated carbocycles. The largest absolute Gasteiger partial charge is 0.325 e. The average molecular weight is 476 g/mol. The van der Waals surface area contributed by atoms with Gasteiger partial charge in [-0.1, -0.05) is 59.8 Å². The number of carbonyl (C=O) groups excluding carboxylic acids is 1. The summed E-state index contributed by atoms with van der Waals surface area (Å²) in [6.45, 7) is 1.89. The molecule has 1 aromatic heterocycles. The first-order valence-electron chi connectivity index (χ1n) is 9.35. The van der Waals surface area contributed by atoms with Gasteiger partial charge in [0, 0.05) is 31.0 Å². The lowest BCUT2D eigenvalue weighted by Gasteiger charge is -2.17. The Labute approximate surface area is 191 Å². The van der Waals surface area contributed by atoms with E-state index >= 15 is 0 Å². The molecule has 0 fully saturated rings. The van der Waals surface area contributed by atoms with Gasteiger partial charge in [0.25, 0.3) is 0 Å². The normalized spacial score (nSPS) is 12.5. The fourth-order valence-corrected chi connectivity index (χ4v) is 4.69. The molecular weight excluding hydrogens is 454 g/mol. The van der Waals surface area contributed by atoms with Crippen LogP contribution in [0.5, 0.6) is 0 Å². The van der Waals surface area contributed by atoms with Gasteiger partial charge >= 0.3 is 0 Å². The van der Waals surface area contributed by atoms with Gasteiger partial charge < -0.3 is 5.32 Å².